The van der Waals surface area contributed by atoms with Gasteiger partial charge in [-0.3, -0.25) is 0 Å². The van der Waals surface area contributed by atoms with Gasteiger partial charge >= 0.3 is 11.9 Å². The fourth-order valence-electron chi connectivity index (χ4n) is 1.32. The van der Waals surface area contributed by atoms with Crippen molar-refractivity contribution in [3.63, 3.8) is 0 Å². The summed E-state index contributed by atoms with van der Waals surface area (Å²) in [6.07, 6.45) is 1.52. The first-order chi connectivity index (χ1) is 9.04. The highest BCUT2D eigenvalue weighted by Crippen LogP contribution is 2.05. The summed E-state index contributed by atoms with van der Waals surface area (Å²) in [6, 6.07) is 4.61. The molecule has 104 valence electrons. The Labute approximate surface area is 112 Å². The molecule has 0 unspecified atom stereocenters. The Hall–Kier alpha value is -1.91. The van der Waals surface area contributed by atoms with Gasteiger partial charge in [-0.25, -0.2) is 14.6 Å². The monoisotopic (exact) mass is 265 g/mol. The number of pyridine rings is 1. The van der Waals surface area contributed by atoms with E-state index in [1.807, 2.05) is 6.92 Å². The predicted octanol–water partition coefficient (Wildman–Crippen LogP) is 2.60. The fourth-order valence-corrected chi connectivity index (χ4v) is 1.32. The molecule has 0 amide bonds. The largest absolute Gasteiger partial charge is 0.461 e. The lowest BCUT2D eigenvalue weighted by Gasteiger charge is -2.08. The second kappa shape index (κ2) is 7.51. The van der Waals surface area contributed by atoms with Crippen molar-refractivity contribution in [2.24, 2.45) is 0 Å². The van der Waals surface area contributed by atoms with Gasteiger partial charge in [0.1, 0.15) is 11.4 Å². The highest BCUT2D eigenvalue weighted by Gasteiger charge is 2.15. The second-order valence-electron chi connectivity index (χ2n) is 4.35. The molecule has 0 aliphatic carbocycles. The molecule has 19 heavy (non-hydrogen) atoms. The first kappa shape index (κ1) is 15.1. The first-order valence-corrected chi connectivity index (χ1v) is 6.39. The van der Waals surface area contributed by atoms with Crippen LogP contribution in [0, 0.1) is 0 Å². The molecule has 1 aromatic heterocycles. The standard InChI is InChI=1S/C14H19NO4/c1-4-5-9-18-13(16)11-7-6-8-12(15-11)14(17)19-10(2)3/h6-8,10H,4-5,9H2,1-3H3. The molecular formula is C14H19NO4. The molecular weight excluding hydrogens is 246 g/mol. The lowest BCUT2D eigenvalue weighted by atomic mass is 10.3. The van der Waals surface area contributed by atoms with E-state index in [-0.39, 0.29) is 17.5 Å². The third-order valence-electron chi connectivity index (χ3n) is 2.24. The molecule has 5 heteroatoms. The van der Waals surface area contributed by atoms with E-state index in [1.165, 1.54) is 12.1 Å². The smallest absolute Gasteiger partial charge is 0.357 e. The molecule has 0 fully saturated rings. The molecule has 0 bridgehead atoms. The minimum Gasteiger partial charge on any atom is -0.461 e. The topological polar surface area (TPSA) is 65.5 Å². The molecule has 0 radical (unpaired) electrons. The van der Waals surface area contributed by atoms with Crippen molar-refractivity contribution in [1.29, 1.82) is 0 Å². The summed E-state index contributed by atoms with van der Waals surface area (Å²) in [5.41, 5.74) is 0.230. The molecule has 0 atom stereocenters. The Balaban J connectivity index is 2.71. The van der Waals surface area contributed by atoms with Gasteiger partial charge in [-0.2, -0.15) is 0 Å². The van der Waals surface area contributed by atoms with Crippen molar-refractivity contribution < 1.29 is 19.1 Å². The number of hydrogen-bond acceptors (Lipinski definition) is 5. The van der Waals surface area contributed by atoms with Crippen molar-refractivity contribution in [2.45, 2.75) is 39.7 Å². The van der Waals surface area contributed by atoms with E-state index in [2.05, 4.69) is 4.98 Å². The maximum absolute atomic E-state index is 11.7. The van der Waals surface area contributed by atoms with Crippen LogP contribution in [0.1, 0.15) is 54.6 Å². The van der Waals surface area contributed by atoms with Crippen molar-refractivity contribution in [2.75, 3.05) is 6.61 Å². The van der Waals surface area contributed by atoms with Gasteiger partial charge in [0.05, 0.1) is 12.7 Å². The minimum absolute atomic E-state index is 0.110. The van der Waals surface area contributed by atoms with E-state index in [4.69, 9.17) is 9.47 Å². The molecule has 0 saturated carbocycles. The van der Waals surface area contributed by atoms with Gasteiger partial charge in [0.2, 0.25) is 0 Å². The Morgan fingerprint density at radius 2 is 1.84 bits per heavy atom. The average Bonchev–Trinajstić information content (AvgIpc) is 2.38. The maximum atomic E-state index is 11.7. The third-order valence-corrected chi connectivity index (χ3v) is 2.24. The minimum atomic E-state index is -0.543. The number of nitrogens with zero attached hydrogens (tertiary/aromatic N) is 1. The number of carbonyl (C=O) groups excluding carboxylic acids is 2. The van der Waals surface area contributed by atoms with Gasteiger partial charge in [-0.1, -0.05) is 19.4 Å². The van der Waals surface area contributed by atoms with Gasteiger partial charge in [-0.15, -0.1) is 0 Å². The molecule has 1 rings (SSSR count). The average molecular weight is 265 g/mol. The van der Waals surface area contributed by atoms with Crippen LogP contribution in [0.5, 0.6) is 0 Å². The summed E-state index contributed by atoms with van der Waals surface area (Å²) in [5, 5.41) is 0. The molecule has 0 aliphatic rings. The quantitative estimate of drug-likeness (QED) is 0.584. The first-order valence-electron chi connectivity index (χ1n) is 6.39. The van der Waals surface area contributed by atoms with Gasteiger partial charge in [0.15, 0.2) is 0 Å². The molecule has 0 aliphatic heterocycles. The van der Waals surface area contributed by atoms with E-state index in [0.29, 0.717) is 6.61 Å². The Morgan fingerprint density at radius 3 is 2.42 bits per heavy atom. The van der Waals surface area contributed by atoms with Crippen LogP contribution in [-0.2, 0) is 9.47 Å². The number of hydrogen-bond donors (Lipinski definition) is 0. The van der Waals surface area contributed by atoms with E-state index >= 15 is 0 Å². The zero-order valence-corrected chi connectivity index (χ0v) is 11.5. The molecule has 5 nitrogen and oxygen atoms in total. The number of carbonyl (C=O) groups is 2. The normalized spacial score (nSPS) is 10.3. The second-order valence-corrected chi connectivity index (χ2v) is 4.35. The number of ether oxygens (including phenoxy) is 2. The van der Waals surface area contributed by atoms with Crippen LogP contribution >= 0.6 is 0 Å². The number of esters is 2. The summed E-state index contributed by atoms with van der Waals surface area (Å²) in [6.45, 7) is 5.87. The van der Waals surface area contributed by atoms with Crippen molar-refractivity contribution in [3.8, 4) is 0 Å². The van der Waals surface area contributed by atoms with Crippen LogP contribution in [0.4, 0.5) is 0 Å². The SMILES string of the molecule is CCCCOC(=O)c1cccc(C(=O)OC(C)C)n1. The van der Waals surface area contributed by atoms with Gasteiger partial charge < -0.3 is 9.47 Å². The molecule has 0 N–H and O–H groups in total. The lowest BCUT2D eigenvalue weighted by Crippen LogP contribution is -2.15. The van der Waals surface area contributed by atoms with Gasteiger partial charge in [0, 0.05) is 0 Å². The molecule has 0 saturated heterocycles. The Kier molecular flexibility index (Phi) is 5.99. The van der Waals surface area contributed by atoms with Crippen molar-refractivity contribution in [1.82, 2.24) is 4.98 Å². The summed E-state index contributed by atoms with van der Waals surface area (Å²) in [7, 11) is 0. The molecule has 0 spiro atoms. The number of aromatic nitrogens is 1. The van der Waals surface area contributed by atoms with E-state index in [9.17, 15) is 9.59 Å². The summed E-state index contributed by atoms with van der Waals surface area (Å²) in [5.74, 6) is -1.06. The Morgan fingerprint density at radius 1 is 1.21 bits per heavy atom. The highest BCUT2D eigenvalue weighted by molar-refractivity contribution is 5.91. The zero-order valence-electron chi connectivity index (χ0n) is 11.5. The third kappa shape index (κ3) is 5.07. The van der Waals surface area contributed by atoms with Crippen LogP contribution in [0.2, 0.25) is 0 Å². The maximum Gasteiger partial charge on any atom is 0.357 e. The van der Waals surface area contributed by atoms with E-state index in [0.717, 1.165) is 12.8 Å². The number of rotatable bonds is 6. The van der Waals surface area contributed by atoms with Crippen LogP contribution in [-0.4, -0.2) is 29.6 Å². The van der Waals surface area contributed by atoms with Crippen LogP contribution < -0.4 is 0 Å². The fraction of sp³-hybridized carbons (Fsp3) is 0.500. The number of unbranched alkanes of at least 4 members (excludes halogenated alkanes) is 1. The van der Waals surface area contributed by atoms with Crippen LogP contribution in [0.3, 0.4) is 0 Å². The lowest BCUT2D eigenvalue weighted by molar-refractivity contribution is 0.0370. The predicted molar refractivity (Wildman–Crippen MR) is 70.0 cm³/mol. The van der Waals surface area contributed by atoms with Crippen LogP contribution in [0.25, 0.3) is 0 Å². The summed E-state index contributed by atoms with van der Waals surface area (Å²) in [4.78, 5) is 27.3. The van der Waals surface area contributed by atoms with E-state index < -0.39 is 11.9 Å². The van der Waals surface area contributed by atoms with Crippen molar-refractivity contribution in [3.05, 3.63) is 29.6 Å². The molecule has 0 aromatic carbocycles. The van der Waals surface area contributed by atoms with Crippen LogP contribution in [0.15, 0.2) is 18.2 Å². The van der Waals surface area contributed by atoms with E-state index in [1.54, 1.807) is 19.9 Å². The molecule has 1 heterocycles. The summed E-state index contributed by atoms with van der Waals surface area (Å²) >= 11 is 0. The van der Waals surface area contributed by atoms with Gasteiger partial charge in [-0.05, 0) is 32.4 Å². The molecule has 1 aromatic rings. The Bertz CT molecular complexity index is 443. The highest BCUT2D eigenvalue weighted by atomic mass is 16.5. The summed E-state index contributed by atoms with van der Waals surface area (Å²) < 4.78 is 10.0. The van der Waals surface area contributed by atoms with Gasteiger partial charge in [0.25, 0.3) is 0 Å². The van der Waals surface area contributed by atoms with Crippen molar-refractivity contribution >= 4 is 11.9 Å². The zero-order chi connectivity index (χ0) is 14.3.